The van der Waals surface area contributed by atoms with Crippen LogP contribution < -0.4 is 5.32 Å². The molecule has 4 nitrogen and oxygen atoms in total. The summed E-state index contributed by atoms with van der Waals surface area (Å²) in [6.45, 7) is 1.41. The van der Waals surface area contributed by atoms with Crippen molar-refractivity contribution in [3.8, 4) is 0 Å². The monoisotopic (exact) mass is 381 g/mol. The molecule has 25 heavy (non-hydrogen) atoms. The number of carbonyl (C=O) groups excluding carboxylic acids is 2. The molecule has 7 heteroatoms. The lowest BCUT2D eigenvalue weighted by molar-refractivity contribution is -0.148. The second kappa shape index (κ2) is 8.65. The van der Waals surface area contributed by atoms with Crippen LogP contribution in [0.4, 0.5) is 10.1 Å². The zero-order chi connectivity index (χ0) is 18.4. The maximum absolute atomic E-state index is 13.5. The lowest BCUT2D eigenvalue weighted by atomic mass is 10.2. The van der Waals surface area contributed by atoms with E-state index in [0.29, 0.717) is 15.7 Å². The Morgan fingerprint density at radius 1 is 1.20 bits per heavy atom. The number of benzene rings is 2. The van der Waals surface area contributed by atoms with Crippen LogP contribution in [-0.2, 0) is 14.3 Å². The summed E-state index contributed by atoms with van der Waals surface area (Å²) in [6, 6.07) is 10.6. The summed E-state index contributed by atoms with van der Waals surface area (Å²) in [5, 5.41) is 3.22. The van der Waals surface area contributed by atoms with Crippen molar-refractivity contribution >= 4 is 46.8 Å². The summed E-state index contributed by atoms with van der Waals surface area (Å²) in [4.78, 5) is 23.8. The van der Waals surface area contributed by atoms with Gasteiger partial charge >= 0.3 is 5.97 Å². The SMILES string of the molecule is CC(OC(=O)/C=C/c1ccccc1F)C(=O)Nc1cc(Cl)ccc1Cl. The molecule has 1 atom stereocenters. The van der Waals surface area contributed by atoms with Gasteiger partial charge in [-0.05, 0) is 37.3 Å². The Kier molecular flexibility index (Phi) is 6.56. The number of hydrogen-bond acceptors (Lipinski definition) is 3. The number of rotatable bonds is 5. The van der Waals surface area contributed by atoms with Crippen molar-refractivity contribution in [3.05, 3.63) is 70.0 Å². The molecule has 0 aliphatic carbocycles. The van der Waals surface area contributed by atoms with E-state index >= 15 is 0 Å². The van der Waals surface area contributed by atoms with Crippen molar-refractivity contribution in [2.45, 2.75) is 13.0 Å². The van der Waals surface area contributed by atoms with Crippen LogP contribution in [-0.4, -0.2) is 18.0 Å². The summed E-state index contributed by atoms with van der Waals surface area (Å²) in [6.07, 6.45) is 1.25. The molecule has 0 radical (unpaired) electrons. The van der Waals surface area contributed by atoms with Crippen molar-refractivity contribution < 1.29 is 18.7 Å². The minimum atomic E-state index is -1.08. The van der Waals surface area contributed by atoms with Crippen LogP contribution in [0.2, 0.25) is 10.0 Å². The first kappa shape index (κ1) is 19.0. The molecule has 0 heterocycles. The van der Waals surface area contributed by atoms with Gasteiger partial charge in [0.25, 0.3) is 5.91 Å². The average Bonchev–Trinajstić information content (AvgIpc) is 2.57. The van der Waals surface area contributed by atoms with Gasteiger partial charge in [0, 0.05) is 16.7 Å². The van der Waals surface area contributed by atoms with E-state index in [2.05, 4.69) is 5.32 Å². The van der Waals surface area contributed by atoms with Gasteiger partial charge in [-0.3, -0.25) is 4.79 Å². The molecule has 130 valence electrons. The van der Waals surface area contributed by atoms with Gasteiger partial charge in [0.1, 0.15) is 5.82 Å². The predicted molar refractivity (Wildman–Crippen MR) is 96.1 cm³/mol. The summed E-state index contributed by atoms with van der Waals surface area (Å²) in [7, 11) is 0. The van der Waals surface area contributed by atoms with Gasteiger partial charge in [0.15, 0.2) is 6.10 Å². The molecule has 0 spiro atoms. The predicted octanol–water partition coefficient (Wildman–Crippen LogP) is 4.72. The smallest absolute Gasteiger partial charge is 0.331 e. The molecule has 0 fully saturated rings. The van der Waals surface area contributed by atoms with Crippen LogP contribution >= 0.6 is 23.2 Å². The van der Waals surface area contributed by atoms with Crippen LogP contribution in [0.25, 0.3) is 6.08 Å². The Hall–Kier alpha value is -2.37. The molecule has 2 aromatic carbocycles. The Morgan fingerprint density at radius 2 is 1.92 bits per heavy atom. The van der Waals surface area contributed by atoms with Crippen molar-refractivity contribution in [1.82, 2.24) is 0 Å². The van der Waals surface area contributed by atoms with Crippen LogP contribution in [0.1, 0.15) is 12.5 Å². The Bertz CT molecular complexity index is 824. The highest BCUT2D eigenvalue weighted by molar-refractivity contribution is 6.35. The normalized spacial score (nSPS) is 12.0. The first-order chi connectivity index (χ1) is 11.9. The molecule has 0 saturated carbocycles. The lowest BCUT2D eigenvalue weighted by Crippen LogP contribution is -2.29. The highest BCUT2D eigenvalue weighted by Gasteiger charge is 2.18. The molecule has 0 aliphatic heterocycles. The fourth-order valence-electron chi connectivity index (χ4n) is 1.86. The molecular weight excluding hydrogens is 368 g/mol. The summed E-state index contributed by atoms with van der Waals surface area (Å²) in [5.74, 6) is -1.81. The standard InChI is InChI=1S/C18H14Cl2FNO3/c1-11(18(24)22-16-10-13(19)7-8-14(16)20)25-17(23)9-6-12-4-2-3-5-15(12)21/h2-11H,1H3,(H,22,24)/b9-6+. The topological polar surface area (TPSA) is 55.4 Å². The number of anilines is 1. The van der Waals surface area contributed by atoms with Crippen LogP contribution in [0.15, 0.2) is 48.5 Å². The number of ether oxygens (including phenoxy) is 1. The van der Waals surface area contributed by atoms with Gasteiger partial charge in [-0.25, -0.2) is 9.18 Å². The van der Waals surface area contributed by atoms with E-state index in [9.17, 15) is 14.0 Å². The van der Waals surface area contributed by atoms with E-state index < -0.39 is 23.8 Å². The molecule has 0 saturated heterocycles. The van der Waals surface area contributed by atoms with E-state index in [1.165, 1.54) is 37.3 Å². The van der Waals surface area contributed by atoms with Gasteiger partial charge in [-0.2, -0.15) is 0 Å². The third-order valence-corrected chi connectivity index (χ3v) is 3.72. The minimum absolute atomic E-state index is 0.238. The number of hydrogen-bond donors (Lipinski definition) is 1. The maximum atomic E-state index is 13.5. The molecular formula is C18H14Cl2FNO3. The number of carbonyl (C=O) groups is 2. The first-order valence-electron chi connectivity index (χ1n) is 7.26. The molecule has 0 aliphatic rings. The molecule has 2 rings (SSSR count). The Balaban J connectivity index is 1.95. The number of amides is 1. The second-order valence-corrected chi connectivity index (χ2v) is 5.89. The molecule has 2 aromatic rings. The first-order valence-corrected chi connectivity index (χ1v) is 8.01. The van der Waals surface area contributed by atoms with Crippen molar-refractivity contribution in [2.75, 3.05) is 5.32 Å². The van der Waals surface area contributed by atoms with Gasteiger partial charge in [0.05, 0.1) is 10.7 Å². The fourth-order valence-corrected chi connectivity index (χ4v) is 2.20. The van der Waals surface area contributed by atoms with Crippen molar-refractivity contribution in [1.29, 1.82) is 0 Å². The van der Waals surface area contributed by atoms with Crippen LogP contribution in [0.3, 0.4) is 0 Å². The fraction of sp³-hybridized carbons (Fsp3) is 0.111. The van der Waals surface area contributed by atoms with E-state index in [1.807, 2.05) is 0 Å². The zero-order valence-corrected chi connectivity index (χ0v) is 14.6. The highest BCUT2D eigenvalue weighted by Crippen LogP contribution is 2.25. The quantitative estimate of drug-likeness (QED) is 0.602. The average molecular weight is 382 g/mol. The van der Waals surface area contributed by atoms with Gasteiger partial charge in [-0.1, -0.05) is 41.4 Å². The molecule has 1 N–H and O–H groups in total. The number of nitrogens with one attached hydrogen (secondary N) is 1. The lowest BCUT2D eigenvalue weighted by Gasteiger charge is -2.13. The third-order valence-electron chi connectivity index (χ3n) is 3.15. The molecule has 0 bridgehead atoms. The Morgan fingerprint density at radius 3 is 2.64 bits per heavy atom. The van der Waals surface area contributed by atoms with Gasteiger partial charge in [-0.15, -0.1) is 0 Å². The number of esters is 1. The van der Waals surface area contributed by atoms with Crippen LogP contribution in [0.5, 0.6) is 0 Å². The van der Waals surface area contributed by atoms with Crippen LogP contribution in [0, 0.1) is 5.82 Å². The Labute approximate surface area is 154 Å². The largest absolute Gasteiger partial charge is 0.449 e. The molecule has 1 unspecified atom stereocenters. The van der Waals surface area contributed by atoms with E-state index in [1.54, 1.807) is 18.2 Å². The number of halogens is 3. The summed E-state index contributed by atoms with van der Waals surface area (Å²) in [5.41, 5.74) is 0.547. The van der Waals surface area contributed by atoms with Gasteiger partial charge < -0.3 is 10.1 Å². The minimum Gasteiger partial charge on any atom is -0.449 e. The summed E-state index contributed by atoms with van der Waals surface area (Å²) >= 11 is 11.8. The maximum Gasteiger partial charge on any atom is 0.331 e. The molecule has 1 amide bonds. The van der Waals surface area contributed by atoms with E-state index in [0.717, 1.165) is 6.08 Å². The van der Waals surface area contributed by atoms with Crippen molar-refractivity contribution in [3.63, 3.8) is 0 Å². The highest BCUT2D eigenvalue weighted by atomic mass is 35.5. The molecule has 0 aromatic heterocycles. The van der Waals surface area contributed by atoms with E-state index in [4.69, 9.17) is 27.9 Å². The van der Waals surface area contributed by atoms with E-state index in [-0.39, 0.29) is 5.56 Å². The van der Waals surface area contributed by atoms with Gasteiger partial charge in [0.2, 0.25) is 0 Å². The second-order valence-electron chi connectivity index (χ2n) is 5.05. The third kappa shape index (κ3) is 5.59. The summed E-state index contributed by atoms with van der Waals surface area (Å²) < 4.78 is 18.4. The zero-order valence-electron chi connectivity index (χ0n) is 13.1. The van der Waals surface area contributed by atoms with Crippen molar-refractivity contribution in [2.24, 2.45) is 0 Å².